The first kappa shape index (κ1) is 17.1. The van der Waals surface area contributed by atoms with Gasteiger partial charge in [-0.05, 0) is 46.1 Å². The van der Waals surface area contributed by atoms with Gasteiger partial charge in [-0.2, -0.15) is 0 Å². The van der Waals surface area contributed by atoms with Crippen LogP contribution in [-0.4, -0.2) is 42.0 Å². The summed E-state index contributed by atoms with van der Waals surface area (Å²) < 4.78 is 0.886. The van der Waals surface area contributed by atoms with Gasteiger partial charge in [0.1, 0.15) is 5.82 Å². The number of amides is 1. The number of benzene rings is 1. The second-order valence-electron chi connectivity index (χ2n) is 6.12. The molecule has 3 N–H and O–H groups in total. The smallest absolute Gasteiger partial charge is 0.239 e. The maximum atomic E-state index is 12.3. The molecule has 126 valence electrons. The van der Waals surface area contributed by atoms with Crippen LogP contribution in [0.2, 0.25) is 0 Å². The number of hydrogen-bond donors (Lipinski definition) is 2. The van der Waals surface area contributed by atoms with Crippen molar-refractivity contribution in [2.24, 2.45) is 11.7 Å². The molecule has 0 saturated carbocycles. The quantitative estimate of drug-likeness (QED) is 0.824. The lowest BCUT2D eigenvalue weighted by Crippen LogP contribution is -2.32. The molecule has 0 spiro atoms. The van der Waals surface area contributed by atoms with Crippen LogP contribution in [0.3, 0.4) is 0 Å². The maximum absolute atomic E-state index is 12.3. The monoisotopic (exact) mass is 388 g/mol. The van der Waals surface area contributed by atoms with Crippen LogP contribution in [0.25, 0.3) is 0 Å². The van der Waals surface area contributed by atoms with E-state index < -0.39 is 0 Å². The third-order valence-electron chi connectivity index (χ3n) is 4.41. The zero-order chi connectivity index (χ0) is 16.9. The zero-order valence-corrected chi connectivity index (χ0v) is 14.9. The molecule has 1 aliphatic rings. The van der Waals surface area contributed by atoms with Gasteiger partial charge in [0.15, 0.2) is 0 Å². The van der Waals surface area contributed by atoms with Crippen molar-refractivity contribution in [1.29, 1.82) is 0 Å². The number of nitrogens with one attached hydrogen (secondary N) is 1. The van der Waals surface area contributed by atoms with E-state index in [1.807, 2.05) is 12.1 Å². The standard InChI is InChI=1S/C18H21BrN4O/c19-15-6-7-17(21-9-15)22-18(24)12-23-10-14(8-20)16(11-23)13-4-2-1-3-5-13/h1-7,9,14,16H,8,10-12,20H2,(H,21,22,24)/t14-,16+/m1/s1. The molecule has 0 aliphatic carbocycles. The van der Waals surface area contributed by atoms with Crippen molar-refractivity contribution < 1.29 is 4.79 Å². The van der Waals surface area contributed by atoms with E-state index in [9.17, 15) is 4.79 Å². The third kappa shape index (κ3) is 4.20. The molecule has 1 saturated heterocycles. The molecular weight excluding hydrogens is 368 g/mol. The van der Waals surface area contributed by atoms with Crippen LogP contribution >= 0.6 is 15.9 Å². The Balaban J connectivity index is 1.59. The number of aromatic nitrogens is 1. The lowest BCUT2D eigenvalue weighted by atomic mass is 9.89. The Labute approximate surface area is 150 Å². The number of anilines is 1. The number of carbonyl (C=O) groups excluding carboxylic acids is 1. The summed E-state index contributed by atoms with van der Waals surface area (Å²) in [6, 6.07) is 14.0. The highest BCUT2D eigenvalue weighted by molar-refractivity contribution is 9.10. The van der Waals surface area contributed by atoms with Gasteiger partial charge in [0.05, 0.1) is 6.54 Å². The van der Waals surface area contributed by atoms with E-state index in [1.54, 1.807) is 12.3 Å². The van der Waals surface area contributed by atoms with Gasteiger partial charge in [0.25, 0.3) is 0 Å². The highest BCUT2D eigenvalue weighted by atomic mass is 79.9. The summed E-state index contributed by atoms with van der Waals surface area (Å²) in [5.74, 6) is 1.28. The van der Waals surface area contributed by atoms with Crippen LogP contribution in [0.4, 0.5) is 5.82 Å². The van der Waals surface area contributed by atoms with Crippen molar-refractivity contribution in [2.45, 2.75) is 5.92 Å². The molecule has 0 bridgehead atoms. The summed E-state index contributed by atoms with van der Waals surface area (Å²) in [6.07, 6.45) is 1.67. The van der Waals surface area contributed by atoms with Gasteiger partial charge in [-0.1, -0.05) is 30.3 Å². The van der Waals surface area contributed by atoms with Crippen LogP contribution in [0.15, 0.2) is 53.1 Å². The first-order valence-corrected chi connectivity index (χ1v) is 8.84. The minimum absolute atomic E-state index is 0.0469. The molecule has 1 fully saturated rings. The highest BCUT2D eigenvalue weighted by Crippen LogP contribution is 2.31. The summed E-state index contributed by atoms with van der Waals surface area (Å²) in [5, 5.41) is 2.84. The minimum Gasteiger partial charge on any atom is -0.330 e. The van der Waals surface area contributed by atoms with Crippen molar-refractivity contribution in [3.05, 3.63) is 58.7 Å². The summed E-state index contributed by atoms with van der Waals surface area (Å²) >= 11 is 3.33. The average molecular weight is 389 g/mol. The van der Waals surface area contributed by atoms with E-state index in [0.717, 1.165) is 17.6 Å². The molecule has 5 nitrogen and oxygen atoms in total. The van der Waals surface area contributed by atoms with Crippen LogP contribution in [0.1, 0.15) is 11.5 Å². The van der Waals surface area contributed by atoms with Gasteiger partial charge in [-0.25, -0.2) is 4.98 Å². The van der Waals surface area contributed by atoms with E-state index in [1.165, 1.54) is 5.56 Å². The fraction of sp³-hybridized carbons (Fsp3) is 0.333. The van der Waals surface area contributed by atoms with E-state index in [2.05, 4.69) is 55.4 Å². The average Bonchev–Trinajstić information content (AvgIpc) is 3.00. The molecule has 2 aromatic rings. The lowest BCUT2D eigenvalue weighted by Gasteiger charge is -2.16. The number of likely N-dealkylation sites (tertiary alicyclic amines) is 1. The van der Waals surface area contributed by atoms with Crippen molar-refractivity contribution in [3.8, 4) is 0 Å². The van der Waals surface area contributed by atoms with Gasteiger partial charge in [0.2, 0.25) is 5.91 Å². The molecule has 2 atom stereocenters. The fourth-order valence-electron chi connectivity index (χ4n) is 3.24. The van der Waals surface area contributed by atoms with Crippen LogP contribution in [0.5, 0.6) is 0 Å². The molecular formula is C18H21BrN4O. The van der Waals surface area contributed by atoms with Crippen LogP contribution in [-0.2, 0) is 4.79 Å². The molecule has 3 rings (SSSR count). The van der Waals surface area contributed by atoms with Crippen molar-refractivity contribution in [2.75, 3.05) is 31.5 Å². The minimum atomic E-state index is -0.0469. The second-order valence-corrected chi connectivity index (χ2v) is 7.03. The SMILES string of the molecule is NC[C@@H]1CN(CC(=O)Nc2ccc(Br)cn2)C[C@H]1c1ccccc1. The third-order valence-corrected chi connectivity index (χ3v) is 4.88. The van der Waals surface area contributed by atoms with Crippen molar-refractivity contribution in [1.82, 2.24) is 9.88 Å². The molecule has 0 unspecified atom stereocenters. The number of hydrogen-bond acceptors (Lipinski definition) is 4. The number of halogens is 1. The molecule has 1 aromatic carbocycles. The predicted octanol–water partition coefficient (Wildman–Crippen LogP) is 2.46. The Morgan fingerprint density at radius 3 is 2.71 bits per heavy atom. The van der Waals surface area contributed by atoms with E-state index >= 15 is 0 Å². The van der Waals surface area contributed by atoms with Crippen molar-refractivity contribution in [3.63, 3.8) is 0 Å². The van der Waals surface area contributed by atoms with Crippen molar-refractivity contribution >= 4 is 27.7 Å². The largest absolute Gasteiger partial charge is 0.330 e. The van der Waals surface area contributed by atoms with Gasteiger partial charge in [0, 0.05) is 29.7 Å². The number of nitrogens with two attached hydrogens (primary N) is 1. The predicted molar refractivity (Wildman–Crippen MR) is 98.7 cm³/mol. The second kappa shape index (κ2) is 7.88. The normalized spacial score (nSPS) is 20.9. The summed E-state index contributed by atoms with van der Waals surface area (Å²) in [5.41, 5.74) is 7.25. The van der Waals surface area contributed by atoms with Gasteiger partial charge >= 0.3 is 0 Å². The number of nitrogens with zero attached hydrogens (tertiary/aromatic N) is 2. The summed E-state index contributed by atoms with van der Waals surface area (Å²) in [6.45, 7) is 2.69. The Morgan fingerprint density at radius 1 is 1.25 bits per heavy atom. The maximum Gasteiger partial charge on any atom is 0.239 e. The van der Waals surface area contributed by atoms with E-state index in [-0.39, 0.29) is 5.91 Å². The van der Waals surface area contributed by atoms with Gasteiger partial charge in [-0.15, -0.1) is 0 Å². The fourth-order valence-corrected chi connectivity index (χ4v) is 3.48. The topological polar surface area (TPSA) is 71.2 Å². The Bertz CT molecular complexity index is 677. The molecule has 6 heteroatoms. The number of carbonyl (C=O) groups is 1. The van der Waals surface area contributed by atoms with Crippen LogP contribution in [0, 0.1) is 5.92 Å². The lowest BCUT2D eigenvalue weighted by molar-refractivity contribution is -0.117. The molecule has 2 heterocycles. The zero-order valence-electron chi connectivity index (χ0n) is 13.4. The van der Waals surface area contributed by atoms with E-state index in [4.69, 9.17) is 5.73 Å². The molecule has 0 radical (unpaired) electrons. The summed E-state index contributed by atoms with van der Waals surface area (Å²) in [7, 11) is 0. The van der Waals surface area contributed by atoms with E-state index in [0.29, 0.717) is 30.7 Å². The molecule has 1 aromatic heterocycles. The Kier molecular flexibility index (Phi) is 5.60. The molecule has 24 heavy (non-hydrogen) atoms. The number of rotatable bonds is 5. The van der Waals surface area contributed by atoms with Crippen LogP contribution < -0.4 is 11.1 Å². The Hall–Kier alpha value is -1.76. The summed E-state index contributed by atoms with van der Waals surface area (Å²) in [4.78, 5) is 18.6. The first-order valence-electron chi connectivity index (χ1n) is 8.04. The first-order chi connectivity index (χ1) is 11.7. The highest BCUT2D eigenvalue weighted by Gasteiger charge is 2.33. The molecule has 1 amide bonds. The number of pyridine rings is 1. The Morgan fingerprint density at radius 2 is 2.04 bits per heavy atom. The van der Waals surface area contributed by atoms with Gasteiger partial charge in [-0.3, -0.25) is 9.69 Å². The molecule has 1 aliphatic heterocycles. The van der Waals surface area contributed by atoms with Gasteiger partial charge < -0.3 is 11.1 Å².